The van der Waals surface area contributed by atoms with E-state index < -0.39 is 0 Å². The van der Waals surface area contributed by atoms with Crippen molar-refractivity contribution in [3.63, 3.8) is 0 Å². The molecule has 3 aromatic heterocycles. The number of para-hydroxylation sites is 2. The molecule has 5 rings (SSSR count). The number of rotatable bonds is 4. The first-order valence-corrected chi connectivity index (χ1v) is 11.1. The number of hydrogen-bond acceptors (Lipinski definition) is 5. The van der Waals surface area contributed by atoms with Crippen molar-refractivity contribution in [2.24, 2.45) is 0 Å². The number of halogens is 1. The third kappa shape index (κ3) is 3.15. The number of aryl methyl sites for hydroxylation is 1. The fraction of sp³-hybridized carbons (Fsp3) is 0.0952. The summed E-state index contributed by atoms with van der Waals surface area (Å²) >= 11 is 9.19. The lowest BCUT2D eigenvalue weighted by atomic mass is 10.2. The largest absolute Gasteiger partial charge is 0.268 e. The molecule has 3 heterocycles. The molecule has 0 fully saturated rings. The molecule has 0 N–H and O–H groups in total. The highest BCUT2D eigenvalue weighted by Gasteiger charge is 2.18. The number of aromatic nitrogens is 4. The molecule has 5 nitrogen and oxygen atoms in total. The van der Waals surface area contributed by atoms with Crippen LogP contribution in [0.4, 0.5) is 0 Å². The molecule has 2 aromatic carbocycles. The molecule has 8 heteroatoms. The molecule has 0 amide bonds. The minimum absolute atomic E-state index is 0.101. The number of thiophene rings is 1. The Kier molecular flexibility index (Phi) is 4.66. The van der Waals surface area contributed by atoms with Crippen LogP contribution in [0.1, 0.15) is 10.4 Å². The topological polar surface area (TPSA) is 52.2 Å². The first kappa shape index (κ1) is 18.4. The molecule has 0 spiro atoms. The normalized spacial score (nSPS) is 11.5. The molecule has 0 atom stereocenters. The van der Waals surface area contributed by atoms with E-state index in [2.05, 4.69) is 10.2 Å². The highest BCUT2D eigenvalue weighted by Crippen LogP contribution is 2.30. The van der Waals surface area contributed by atoms with Crippen molar-refractivity contribution in [2.45, 2.75) is 17.8 Å². The Labute approximate surface area is 179 Å². The molecule has 0 saturated carbocycles. The molecule has 0 unspecified atom stereocenters. The second-order valence-electron chi connectivity index (χ2n) is 6.56. The molecule has 144 valence electrons. The van der Waals surface area contributed by atoms with Crippen LogP contribution in [0.15, 0.2) is 70.6 Å². The Balaban J connectivity index is 1.76. The van der Waals surface area contributed by atoms with Crippen molar-refractivity contribution in [2.75, 3.05) is 0 Å². The summed E-state index contributed by atoms with van der Waals surface area (Å²) in [4.78, 5) is 14.5. The van der Waals surface area contributed by atoms with Crippen LogP contribution in [0.3, 0.4) is 0 Å². The van der Waals surface area contributed by atoms with Gasteiger partial charge in [0.1, 0.15) is 0 Å². The van der Waals surface area contributed by atoms with Gasteiger partial charge in [0.15, 0.2) is 5.16 Å². The summed E-state index contributed by atoms with van der Waals surface area (Å²) in [7, 11) is 0. The zero-order valence-electron chi connectivity index (χ0n) is 15.4. The lowest BCUT2D eigenvalue weighted by Crippen LogP contribution is -2.22. The summed E-state index contributed by atoms with van der Waals surface area (Å²) in [5, 5.41) is 10.2. The van der Waals surface area contributed by atoms with Gasteiger partial charge in [-0.05, 0) is 42.8 Å². The van der Waals surface area contributed by atoms with Crippen LogP contribution in [0, 0.1) is 6.92 Å². The number of nitrogens with zero attached hydrogens (tertiary/aromatic N) is 4. The number of fused-ring (bicyclic) bond motifs is 3. The van der Waals surface area contributed by atoms with E-state index in [1.54, 1.807) is 27.7 Å². The third-order valence-corrected chi connectivity index (χ3v) is 7.12. The highest BCUT2D eigenvalue weighted by atomic mass is 35.5. The van der Waals surface area contributed by atoms with Gasteiger partial charge < -0.3 is 0 Å². The monoisotopic (exact) mass is 438 g/mol. The van der Waals surface area contributed by atoms with E-state index in [1.807, 2.05) is 72.0 Å². The molecule has 0 bridgehead atoms. The Morgan fingerprint density at radius 2 is 1.83 bits per heavy atom. The summed E-state index contributed by atoms with van der Waals surface area (Å²) in [5.41, 5.74) is 2.50. The van der Waals surface area contributed by atoms with Gasteiger partial charge in [0.05, 0.1) is 20.9 Å². The summed E-state index contributed by atoms with van der Waals surface area (Å²) in [6, 6.07) is 19.3. The van der Waals surface area contributed by atoms with Crippen molar-refractivity contribution >= 4 is 51.4 Å². The fourth-order valence-corrected chi connectivity index (χ4v) is 5.44. The van der Waals surface area contributed by atoms with Crippen LogP contribution in [-0.2, 0) is 5.75 Å². The van der Waals surface area contributed by atoms with Crippen molar-refractivity contribution in [3.05, 3.63) is 85.8 Å². The van der Waals surface area contributed by atoms with Gasteiger partial charge in [-0.2, -0.15) is 0 Å². The molecule has 29 heavy (non-hydrogen) atoms. The van der Waals surface area contributed by atoms with E-state index >= 15 is 0 Å². The molecule has 0 radical (unpaired) electrons. The van der Waals surface area contributed by atoms with Gasteiger partial charge in [0.25, 0.3) is 5.56 Å². The first-order chi connectivity index (χ1) is 14.1. The summed E-state index contributed by atoms with van der Waals surface area (Å²) < 4.78 is 4.38. The molecular formula is C21H15ClN4OS2. The van der Waals surface area contributed by atoms with Crippen LogP contribution in [0.2, 0.25) is 4.34 Å². The minimum atomic E-state index is -0.101. The average molecular weight is 439 g/mol. The van der Waals surface area contributed by atoms with Crippen LogP contribution < -0.4 is 5.56 Å². The van der Waals surface area contributed by atoms with Crippen molar-refractivity contribution in [1.82, 2.24) is 19.2 Å². The molecule has 0 aliphatic heterocycles. The summed E-state index contributed by atoms with van der Waals surface area (Å²) in [5.74, 6) is 1.24. The van der Waals surface area contributed by atoms with Crippen molar-refractivity contribution in [3.8, 4) is 5.69 Å². The maximum atomic E-state index is 13.3. The van der Waals surface area contributed by atoms with E-state index in [9.17, 15) is 4.79 Å². The van der Waals surface area contributed by atoms with E-state index in [0.29, 0.717) is 11.2 Å². The van der Waals surface area contributed by atoms with Gasteiger partial charge in [0, 0.05) is 10.6 Å². The summed E-state index contributed by atoms with van der Waals surface area (Å²) in [6.07, 6.45) is 0. The SMILES string of the molecule is Cc1ccccc1-n1c(=O)c2ccccc2n2c(SCc3ccc(Cl)s3)nnc12. The Morgan fingerprint density at radius 3 is 2.62 bits per heavy atom. The second kappa shape index (κ2) is 7.33. The molecule has 0 aliphatic rings. The molecule has 5 aromatic rings. The molecule has 0 aliphatic carbocycles. The second-order valence-corrected chi connectivity index (χ2v) is 9.30. The van der Waals surface area contributed by atoms with Gasteiger partial charge in [-0.3, -0.25) is 9.20 Å². The van der Waals surface area contributed by atoms with Crippen LogP contribution >= 0.6 is 34.7 Å². The van der Waals surface area contributed by atoms with Gasteiger partial charge in [-0.25, -0.2) is 4.57 Å². The lowest BCUT2D eigenvalue weighted by Gasteiger charge is -2.13. The standard InChI is InChI=1S/C21H15ClN4OS2/c1-13-6-2-4-8-16(13)25-19(27)15-7-3-5-9-17(15)26-20(25)23-24-21(26)28-12-14-10-11-18(22)29-14/h2-11H,12H2,1H3. The average Bonchev–Trinajstić information content (AvgIpc) is 3.34. The number of thioether (sulfide) groups is 1. The minimum Gasteiger partial charge on any atom is -0.268 e. The smallest absolute Gasteiger partial charge is 0.267 e. The van der Waals surface area contributed by atoms with Gasteiger partial charge in [-0.15, -0.1) is 21.5 Å². The zero-order chi connectivity index (χ0) is 20.0. The Morgan fingerprint density at radius 1 is 1.03 bits per heavy atom. The quantitative estimate of drug-likeness (QED) is 0.355. The van der Waals surface area contributed by atoms with Crippen molar-refractivity contribution < 1.29 is 0 Å². The van der Waals surface area contributed by atoms with Gasteiger partial charge in [-0.1, -0.05) is 53.7 Å². The predicted molar refractivity (Wildman–Crippen MR) is 120 cm³/mol. The lowest BCUT2D eigenvalue weighted by molar-refractivity contribution is 0.928. The maximum Gasteiger partial charge on any atom is 0.267 e. The van der Waals surface area contributed by atoms with E-state index in [1.165, 1.54) is 0 Å². The van der Waals surface area contributed by atoms with Gasteiger partial charge in [0.2, 0.25) is 5.78 Å². The molecular weight excluding hydrogens is 424 g/mol. The zero-order valence-corrected chi connectivity index (χ0v) is 17.8. The number of hydrogen-bond donors (Lipinski definition) is 0. The predicted octanol–water partition coefficient (Wildman–Crippen LogP) is 5.35. The Hall–Kier alpha value is -2.61. The maximum absolute atomic E-state index is 13.3. The highest BCUT2D eigenvalue weighted by molar-refractivity contribution is 7.98. The Bertz CT molecular complexity index is 1420. The van der Waals surface area contributed by atoms with Crippen LogP contribution in [-0.4, -0.2) is 19.2 Å². The van der Waals surface area contributed by atoms with Crippen LogP contribution in [0.5, 0.6) is 0 Å². The first-order valence-electron chi connectivity index (χ1n) is 8.95. The molecule has 0 saturated heterocycles. The third-order valence-electron chi connectivity index (χ3n) is 4.72. The van der Waals surface area contributed by atoms with E-state index in [4.69, 9.17) is 11.6 Å². The van der Waals surface area contributed by atoms with E-state index in [-0.39, 0.29) is 5.56 Å². The van der Waals surface area contributed by atoms with E-state index in [0.717, 1.165) is 36.9 Å². The van der Waals surface area contributed by atoms with Crippen molar-refractivity contribution in [1.29, 1.82) is 0 Å². The fourth-order valence-electron chi connectivity index (χ4n) is 3.37. The number of benzene rings is 2. The van der Waals surface area contributed by atoms with Crippen LogP contribution in [0.25, 0.3) is 22.4 Å². The van der Waals surface area contributed by atoms with Gasteiger partial charge >= 0.3 is 0 Å². The summed E-state index contributed by atoms with van der Waals surface area (Å²) in [6.45, 7) is 1.99.